The van der Waals surface area contributed by atoms with Crippen molar-refractivity contribution in [3.8, 4) is 0 Å². The molecule has 3 nitrogen and oxygen atoms in total. The molecule has 1 N–H and O–H groups in total. The van der Waals surface area contributed by atoms with Crippen molar-refractivity contribution in [3.63, 3.8) is 0 Å². The summed E-state index contributed by atoms with van der Waals surface area (Å²) >= 11 is 6.10. The van der Waals surface area contributed by atoms with Crippen LogP contribution in [0.1, 0.15) is 49.5 Å². The fourth-order valence-electron chi connectivity index (χ4n) is 2.32. The lowest BCUT2D eigenvalue weighted by Crippen LogP contribution is -2.11. The molecule has 1 heterocycles. The Bertz CT molecular complexity index is 582. The van der Waals surface area contributed by atoms with Gasteiger partial charge >= 0.3 is 0 Å². The number of nitrogens with zero attached hydrogens (tertiary/aromatic N) is 2. The van der Waals surface area contributed by atoms with E-state index in [2.05, 4.69) is 46.5 Å². The van der Waals surface area contributed by atoms with Crippen molar-refractivity contribution in [2.24, 2.45) is 0 Å². The molecule has 1 aliphatic carbocycles. The number of rotatable bonds is 5. The molecule has 0 saturated heterocycles. The van der Waals surface area contributed by atoms with Gasteiger partial charge in [0.05, 0.1) is 6.04 Å². The SMILES string of the molecule is CCC(Nc1cc(Cl)nc(C2CC2)n1)c1ccccc1. The van der Waals surface area contributed by atoms with E-state index in [9.17, 15) is 0 Å². The summed E-state index contributed by atoms with van der Waals surface area (Å²) < 4.78 is 0. The fraction of sp³-hybridized carbons (Fsp3) is 0.375. The Hall–Kier alpha value is -1.61. The van der Waals surface area contributed by atoms with Gasteiger partial charge in [0, 0.05) is 12.0 Å². The monoisotopic (exact) mass is 287 g/mol. The summed E-state index contributed by atoms with van der Waals surface area (Å²) in [6, 6.07) is 12.5. The molecular formula is C16H18ClN3. The Labute approximate surface area is 124 Å². The van der Waals surface area contributed by atoms with E-state index in [1.54, 1.807) is 6.07 Å². The zero-order chi connectivity index (χ0) is 13.9. The Morgan fingerprint density at radius 2 is 2.00 bits per heavy atom. The van der Waals surface area contributed by atoms with Gasteiger partial charge in [-0.2, -0.15) is 0 Å². The maximum Gasteiger partial charge on any atom is 0.135 e. The molecule has 1 aliphatic rings. The van der Waals surface area contributed by atoms with Gasteiger partial charge < -0.3 is 5.32 Å². The summed E-state index contributed by atoms with van der Waals surface area (Å²) in [7, 11) is 0. The number of anilines is 1. The molecule has 1 aromatic heterocycles. The van der Waals surface area contributed by atoms with Gasteiger partial charge in [-0.05, 0) is 24.8 Å². The molecule has 1 fully saturated rings. The van der Waals surface area contributed by atoms with Crippen LogP contribution in [0.15, 0.2) is 36.4 Å². The van der Waals surface area contributed by atoms with Gasteiger partial charge in [-0.25, -0.2) is 9.97 Å². The Balaban J connectivity index is 1.82. The molecule has 1 saturated carbocycles. The van der Waals surface area contributed by atoms with Crippen molar-refractivity contribution in [2.75, 3.05) is 5.32 Å². The van der Waals surface area contributed by atoms with E-state index in [1.165, 1.54) is 18.4 Å². The van der Waals surface area contributed by atoms with E-state index >= 15 is 0 Å². The highest BCUT2D eigenvalue weighted by Crippen LogP contribution is 2.39. The van der Waals surface area contributed by atoms with Gasteiger partial charge in [-0.15, -0.1) is 0 Å². The second-order valence-corrected chi connectivity index (χ2v) is 5.61. The number of hydrogen-bond acceptors (Lipinski definition) is 3. The third-order valence-corrected chi connectivity index (χ3v) is 3.78. The topological polar surface area (TPSA) is 37.8 Å². The molecule has 0 bridgehead atoms. The molecule has 0 radical (unpaired) electrons. The zero-order valence-electron chi connectivity index (χ0n) is 11.5. The lowest BCUT2D eigenvalue weighted by atomic mass is 10.0. The molecule has 2 aromatic rings. The van der Waals surface area contributed by atoms with Gasteiger partial charge in [-0.3, -0.25) is 0 Å². The van der Waals surface area contributed by atoms with Gasteiger partial charge in [0.2, 0.25) is 0 Å². The second-order valence-electron chi connectivity index (χ2n) is 5.22. The molecule has 20 heavy (non-hydrogen) atoms. The summed E-state index contributed by atoms with van der Waals surface area (Å²) in [6.45, 7) is 2.16. The normalized spacial score (nSPS) is 15.9. The first-order valence-electron chi connectivity index (χ1n) is 7.12. The van der Waals surface area contributed by atoms with Gasteiger partial charge in [0.15, 0.2) is 0 Å². The van der Waals surface area contributed by atoms with Gasteiger partial charge in [0.25, 0.3) is 0 Å². The summed E-state index contributed by atoms with van der Waals surface area (Å²) in [5.74, 6) is 2.21. The van der Waals surface area contributed by atoms with Crippen molar-refractivity contribution in [2.45, 2.75) is 38.1 Å². The molecule has 4 heteroatoms. The van der Waals surface area contributed by atoms with Crippen LogP contribution >= 0.6 is 11.6 Å². The third kappa shape index (κ3) is 3.10. The second kappa shape index (κ2) is 5.80. The van der Waals surface area contributed by atoms with Crippen LogP contribution in [0.25, 0.3) is 0 Å². The number of hydrogen-bond donors (Lipinski definition) is 1. The van der Waals surface area contributed by atoms with E-state index in [4.69, 9.17) is 11.6 Å². The van der Waals surface area contributed by atoms with Crippen LogP contribution in [0, 0.1) is 0 Å². The zero-order valence-corrected chi connectivity index (χ0v) is 12.3. The van der Waals surface area contributed by atoms with Crippen LogP contribution < -0.4 is 5.32 Å². The predicted octanol–water partition coefficient (Wildman–Crippen LogP) is 4.57. The summed E-state index contributed by atoms with van der Waals surface area (Å²) in [6.07, 6.45) is 3.34. The molecule has 3 rings (SSSR count). The lowest BCUT2D eigenvalue weighted by molar-refractivity contribution is 0.741. The average Bonchev–Trinajstić information content (AvgIpc) is 3.30. The van der Waals surface area contributed by atoms with Gasteiger partial charge in [-0.1, -0.05) is 48.9 Å². The number of aromatic nitrogens is 2. The van der Waals surface area contributed by atoms with E-state index in [0.717, 1.165) is 18.1 Å². The highest BCUT2D eigenvalue weighted by molar-refractivity contribution is 6.29. The van der Waals surface area contributed by atoms with Crippen molar-refractivity contribution in [3.05, 3.63) is 52.9 Å². The molecule has 0 amide bonds. The van der Waals surface area contributed by atoms with E-state index in [0.29, 0.717) is 11.1 Å². The molecule has 1 unspecified atom stereocenters. The fourth-order valence-corrected chi connectivity index (χ4v) is 2.51. The standard InChI is InChI=1S/C16H18ClN3/c1-2-13(11-6-4-3-5-7-11)18-15-10-14(17)19-16(20-15)12-8-9-12/h3-7,10,12-13H,2,8-9H2,1H3,(H,18,19,20). The van der Waals surface area contributed by atoms with Crippen LogP contribution in [-0.4, -0.2) is 9.97 Å². The Morgan fingerprint density at radius 1 is 1.25 bits per heavy atom. The Morgan fingerprint density at radius 3 is 2.65 bits per heavy atom. The van der Waals surface area contributed by atoms with Crippen molar-refractivity contribution in [1.29, 1.82) is 0 Å². The number of nitrogens with one attached hydrogen (secondary N) is 1. The first-order chi connectivity index (χ1) is 9.76. The minimum absolute atomic E-state index is 0.245. The van der Waals surface area contributed by atoms with Gasteiger partial charge in [0.1, 0.15) is 16.8 Å². The van der Waals surface area contributed by atoms with E-state index in [1.807, 2.05) is 6.07 Å². The quantitative estimate of drug-likeness (QED) is 0.819. The molecule has 104 valence electrons. The van der Waals surface area contributed by atoms with Crippen LogP contribution in [0.4, 0.5) is 5.82 Å². The maximum absolute atomic E-state index is 6.10. The first-order valence-corrected chi connectivity index (χ1v) is 7.50. The molecule has 0 spiro atoms. The minimum Gasteiger partial charge on any atom is -0.363 e. The molecule has 1 aromatic carbocycles. The van der Waals surface area contributed by atoms with Crippen molar-refractivity contribution < 1.29 is 0 Å². The molecular weight excluding hydrogens is 270 g/mol. The first kappa shape index (κ1) is 13.4. The summed E-state index contributed by atoms with van der Waals surface area (Å²) in [4.78, 5) is 8.92. The smallest absolute Gasteiger partial charge is 0.135 e. The summed E-state index contributed by atoms with van der Waals surface area (Å²) in [5.41, 5.74) is 1.26. The van der Waals surface area contributed by atoms with Crippen molar-refractivity contribution in [1.82, 2.24) is 9.97 Å². The Kier molecular flexibility index (Phi) is 3.88. The van der Waals surface area contributed by atoms with Crippen LogP contribution in [0.3, 0.4) is 0 Å². The third-order valence-electron chi connectivity index (χ3n) is 3.59. The van der Waals surface area contributed by atoms with Crippen LogP contribution in [0.5, 0.6) is 0 Å². The predicted molar refractivity (Wildman–Crippen MR) is 82.1 cm³/mol. The highest BCUT2D eigenvalue weighted by Gasteiger charge is 2.27. The molecule has 1 atom stereocenters. The van der Waals surface area contributed by atoms with E-state index < -0.39 is 0 Å². The summed E-state index contributed by atoms with van der Waals surface area (Å²) in [5, 5.41) is 3.99. The highest BCUT2D eigenvalue weighted by atomic mass is 35.5. The minimum atomic E-state index is 0.245. The number of benzene rings is 1. The lowest BCUT2D eigenvalue weighted by Gasteiger charge is -2.18. The van der Waals surface area contributed by atoms with Crippen LogP contribution in [0.2, 0.25) is 5.15 Å². The van der Waals surface area contributed by atoms with Crippen molar-refractivity contribution >= 4 is 17.4 Å². The van der Waals surface area contributed by atoms with E-state index in [-0.39, 0.29) is 6.04 Å². The maximum atomic E-state index is 6.10. The average molecular weight is 288 g/mol. The van der Waals surface area contributed by atoms with Crippen LogP contribution in [-0.2, 0) is 0 Å². The molecule has 0 aliphatic heterocycles. The number of halogens is 1. The largest absolute Gasteiger partial charge is 0.363 e.